The van der Waals surface area contributed by atoms with Gasteiger partial charge in [-0.2, -0.15) is 0 Å². The van der Waals surface area contributed by atoms with Crippen molar-refractivity contribution in [3.8, 4) is 0 Å². The van der Waals surface area contributed by atoms with Crippen molar-refractivity contribution in [3.05, 3.63) is 12.2 Å². The minimum atomic E-state index is 1.18. The lowest BCUT2D eigenvalue weighted by Gasteiger charge is -1.87. The van der Waals surface area contributed by atoms with Crippen LogP contribution in [0.15, 0.2) is 12.2 Å². The predicted octanol–water partition coefficient (Wildman–Crippen LogP) is 3.39. The van der Waals surface area contributed by atoms with Crippen molar-refractivity contribution in [2.24, 2.45) is 0 Å². The summed E-state index contributed by atoms with van der Waals surface area (Å²) in [6.45, 7) is 12.0. The van der Waals surface area contributed by atoms with Gasteiger partial charge in [-0.15, -0.1) is 6.58 Å². The van der Waals surface area contributed by atoms with Gasteiger partial charge in [-0.05, 0) is 13.3 Å². The van der Waals surface area contributed by atoms with Gasteiger partial charge in [0.25, 0.3) is 0 Å². The second kappa shape index (κ2) is 9.88. The van der Waals surface area contributed by atoms with Crippen LogP contribution in [-0.4, -0.2) is 0 Å². The van der Waals surface area contributed by atoms with Crippen LogP contribution >= 0.6 is 0 Å². The third-order valence-electron chi connectivity index (χ3n) is 0.677. The summed E-state index contributed by atoms with van der Waals surface area (Å²) in [4.78, 5) is 0. The first-order valence-electron chi connectivity index (χ1n) is 3.41. The van der Waals surface area contributed by atoms with E-state index in [1.165, 1.54) is 18.4 Å². The Hall–Kier alpha value is -0.260. The Bertz CT molecular complexity index is 44.0. The molecule has 0 aliphatic heterocycles. The van der Waals surface area contributed by atoms with Crippen molar-refractivity contribution in [1.82, 2.24) is 0 Å². The highest BCUT2D eigenvalue weighted by Crippen LogP contribution is 1.96. The van der Waals surface area contributed by atoms with Crippen molar-refractivity contribution in [3.63, 3.8) is 0 Å². The Morgan fingerprint density at radius 3 is 1.75 bits per heavy atom. The molecule has 8 heavy (non-hydrogen) atoms. The fourth-order valence-electron chi connectivity index (χ4n) is 0.427. The van der Waals surface area contributed by atoms with E-state index in [2.05, 4.69) is 20.4 Å². The van der Waals surface area contributed by atoms with Crippen LogP contribution in [0.2, 0.25) is 0 Å². The van der Waals surface area contributed by atoms with Crippen LogP contribution in [0.25, 0.3) is 0 Å². The second-order valence-electron chi connectivity index (χ2n) is 1.71. The molecule has 0 radical (unpaired) electrons. The average Bonchev–Trinajstić information content (AvgIpc) is 1.72. The highest BCUT2D eigenvalue weighted by atomic mass is 13.8. The summed E-state index contributed by atoms with van der Waals surface area (Å²) < 4.78 is 0. The molecule has 0 saturated heterocycles. The Morgan fingerprint density at radius 2 is 1.75 bits per heavy atom. The van der Waals surface area contributed by atoms with Crippen molar-refractivity contribution in [1.29, 1.82) is 0 Å². The molecule has 0 rings (SSSR count). The van der Waals surface area contributed by atoms with E-state index in [1.54, 1.807) is 0 Å². The van der Waals surface area contributed by atoms with Crippen molar-refractivity contribution in [2.75, 3.05) is 0 Å². The van der Waals surface area contributed by atoms with Gasteiger partial charge in [0.05, 0.1) is 0 Å². The summed E-state index contributed by atoms with van der Waals surface area (Å²) in [5, 5.41) is 0. The maximum absolute atomic E-state index is 3.74. The Labute approximate surface area is 53.6 Å². The SMILES string of the molecule is C=C(C)CCC.CC. The van der Waals surface area contributed by atoms with E-state index in [9.17, 15) is 0 Å². The fraction of sp³-hybridized carbons (Fsp3) is 0.750. The van der Waals surface area contributed by atoms with Crippen molar-refractivity contribution in [2.45, 2.75) is 40.5 Å². The van der Waals surface area contributed by atoms with Crippen LogP contribution in [0.4, 0.5) is 0 Å². The highest BCUT2D eigenvalue weighted by molar-refractivity contribution is 4.86. The predicted molar refractivity (Wildman–Crippen MR) is 41.1 cm³/mol. The van der Waals surface area contributed by atoms with Crippen LogP contribution < -0.4 is 0 Å². The molecule has 0 amide bonds. The molecule has 0 spiro atoms. The topological polar surface area (TPSA) is 0 Å². The van der Waals surface area contributed by atoms with E-state index in [1.807, 2.05) is 13.8 Å². The first kappa shape index (κ1) is 10.7. The molecule has 50 valence electrons. The lowest BCUT2D eigenvalue weighted by Crippen LogP contribution is -1.66. The minimum Gasteiger partial charge on any atom is -0.100 e. The number of rotatable bonds is 2. The fourth-order valence-corrected chi connectivity index (χ4v) is 0.427. The zero-order chi connectivity index (χ0) is 6.99. The van der Waals surface area contributed by atoms with E-state index in [0.717, 1.165) is 0 Å². The lowest BCUT2D eigenvalue weighted by atomic mass is 10.2. The second-order valence-corrected chi connectivity index (χ2v) is 1.71. The third kappa shape index (κ3) is 17.2. The molecule has 0 aliphatic rings. The number of allylic oxidation sites excluding steroid dienone is 1. The maximum Gasteiger partial charge on any atom is -0.0328 e. The summed E-state index contributed by atoms with van der Waals surface area (Å²) in [7, 11) is 0. The zero-order valence-electron chi connectivity index (χ0n) is 6.62. The summed E-state index contributed by atoms with van der Waals surface area (Å²) in [5.41, 5.74) is 1.29. The quantitative estimate of drug-likeness (QED) is 0.483. The molecule has 0 fully saturated rings. The van der Waals surface area contributed by atoms with Gasteiger partial charge in [0.1, 0.15) is 0 Å². The van der Waals surface area contributed by atoms with Crippen LogP contribution in [0, 0.1) is 0 Å². The minimum absolute atomic E-state index is 1.18. The molecule has 0 atom stereocenters. The summed E-state index contributed by atoms with van der Waals surface area (Å²) in [5.74, 6) is 0. The summed E-state index contributed by atoms with van der Waals surface area (Å²) in [6, 6.07) is 0. The molecule has 0 bridgehead atoms. The van der Waals surface area contributed by atoms with Crippen molar-refractivity contribution >= 4 is 0 Å². The van der Waals surface area contributed by atoms with Crippen LogP contribution in [0.3, 0.4) is 0 Å². The first-order chi connectivity index (χ1) is 3.77. The zero-order valence-corrected chi connectivity index (χ0v) is 6.62. The molecule has 0 heteroatoms. The van der Waals surface area contributed by atoms with E-state index in [0.29, 0.717) is 0 Å². The molecule has 0 aromatic heterocycles. The maximum atomic E-state index is 3.74. The van der Waals surface area contributed by atoms with Gasteiger partial charge in [0.2, 0.25) is 0 Å². The average molecular weight is 114 g/mol. The van der Waals surface area contributed by atoms with Gasteiger partial charge in [0, 0.05) is 0 Å². The van der Waals surface area contributed by atoms with Gasteiger partial charge >= 0.3 is 0 Å². The molecule has 0 aromatic rings. The monoisotopic (exact) mass is 114 g/mol. The smallest absolute Gasteiger partial charge is 0.0328 e. The van der Waals surface area contributed by atoms with E-state index < -0.39 is 0 Å². The van der Waals surface area contributed by atoms with E-state index in [4.69, 9.17) is 0 Å². The molecule has 0 aliphatic carbocycles. The largest absolute Gasteiger partial charge is 0.100 e. The molecule has 0 N–H and O–H groups in total. The van der Waals surface area contributed by atoms with Crippen LogP contribution in [-0.2, 0) is 0 Å². The molecule has 0 aromatic carbocycles. The molecule has 0 saturated carbocycles. The van der Waals surface area contributed by atoms with Crippen LogP contribution in [0.1, 0.15) is 40.5 Å². The number of hydrogen-bond donors (Lipinski definition) is 0. The van der Waals surface area contributed by atoms with Gasteiger partial charge in [-0.3, -0.25) is 0 Å². The number of hydrogen-bond acceptors (Lipinski definition) is 0. The first-order valence-corrected chi connectivity index (χ1v) is 3.41. The van der Waals surface area contributed by atoms with Crippen LogP contribution in [0.5, 0.6) is 0 Å². The molecule has 0 unspecified atom stereocenters. The standard InChI is InChI=1S/C6H12.C2H6/c1-4-5-6(2)3;1-2/h2,4-5H2,1,3H3;1-2H3. The molecule has 0 heterocycles. The Balaban J connectivity index is 0. The lowest BCUT2D eigenvalue weighted by molar-refractivity contribution is 0.910. The Kier molecular flexibility index (Phi) is 13.2. The van der Waals surface area contributed by atoms with E-state index in [-0.39, 0.29) is 0 Å². The summed E-state index contributed by atoms with van der Waals surface area (Å²) >= 11 is 0. The molecular formula is C8H18. The van der Waals surface area contributed by atoms with Gasteiger partial charge < -0.3 is 0 Å². The highest BCUT2D eigenvalue weighted by Gasteiger charge is 1.76. The normalized spacial score (nSPS) is 7.00. The summed E-state index contributed by atoms with van der Waals surface area (Å²) in [6.07, 6.45) is 2.41. The van der Waals surface area contributed by atoms with Gasteiger partial charge in [-0.1, -0.05) is 32.8 Å². The Morgan fingerprint density at radius 1 is 1.38 bits per heavy atom. The van der Waals surface area contributed by atoms with Crippen molar-refractivity contribution < 1.29 is 0 Å². The van der Waals surface area contributed by atoms with Gasteiger partial charge in [0.15, 0.2) is 0 Å². The third-order valence-corrected chi connectivity index (χ3v) is 0.677. The van der Waals surface area contributed by atoms with Gasteiger partial charge in [-0.25, -0.2) is 0 Å². The molecular weight excluding hydrogens is 96.1 g/mol. The molecule has 0 nitrogen and oxygen atoms in total. The van der Waals surface area contributed by atoms with E-state index >= 15 is 0 Å².